The summed E-state index contributed by atoms with van der Waals surface area (Å²) in [6.45, 7) is 0.540. The van der Waals surface area contributed by atoms with Crippen molar-refractivity contribution in [1.82, 2.24) is 9.88 Å². The highest BCUT2D eigenvalue weighted by molar-refractivity contribution is 5.87. The molecule has 1 heterocycles. The van der Waals surface area contributed by atoms with Crippen LogP contribution in [0.25, 0.3) is 10.9 Å². The zero-order valence-corrected chi connectivity index (χ0v) is 14.5. The Morgan fingerprint density at radius 3 is 2.72 bits per heavy atom. The van der Waals surface area contributed by atoms with Crippen molar-refractivity contribution in [2.24, 2.45) is 7.05 Å². The van der Waals surface area contributed by atoms with Gasteiger partial charge < -0.3 is 19.4 Å². The van der Waals surface area contributed by atoms with E-state index in [0.29, 0.717) is 13.0 Å². The van der Waals surface area contributed by atoms with Crippen LogP contribution in [-0.4, -0.2) is 30.7 Å². The summed E-state index contributed by atoms with van der Waals surface area (Å²) >= 11 is 0. The number of benzene rings is 2. The smallest absolute Gasteiger partial charge is 0.257 e. The number of nitrogens with one attached hydrogen (secondary N) is 1. The van der Waals surface area contributed by atoms with E-state index in [4.69, 9.17) is 9.47 Å². The summed E-state index contributed by atoms with van der Waals surface area (Å²) in [5.41, 5.74) is 2.15. The van der Waals surface area contributed by atoms with E-state index < -0.39 is 0 Å². The van der Waals surface area contributed by atoms with E-state index in [2.05, 4.69) is 5.32 Å². The molecule has 5 nitrogen and oxygen atoms in total. The maximum Gasteiger partial charge on any atom is 0.257 e. The molecule has 130 valence electrons. The Bertz CT molecular complexity index is 870. The summed E-state index contributed by atoms with van der Waals surface area (Å²) in [5.74, 6) is 1.42. The van der Waals surface area contributed by atoms with Crippen molar-refractivity contribution in [2.45, 2.75) is 6.42 Å². The van der Waals surface area contributed by atoms with Crippen LogP contribution in [0.1, 0.15) is 5.56 Å². The predicted octanol–water partition coefficient (Wildman–Crippen LogP) is 2.92. The summed E-state index contributed by atoms with van der Waals surface area (Å²) in [5, 5.41) is 3.89. The molecule has 0 saturated heterocycles. The van der Waals surface area contributed by atoms with Crippen LogP contribution in [0.15, 0.2) is 54.7 Å². The third kappa shape index (κ3) is 3.94. The summed E-state index contributed by atoms with van der Waals surface area (Å²) in [4.78, 5) is 12.0. The summed E-state index contributed by atoms with van der Waals surface area (Å²) in [7, 11) is 3.63. The fourth-order valence-electron chi connectivity index (χ4n) is 2.84. The SMILES string of the molecule is COc1ccccc1CCNC(=O)COc1cccc2c1ccn2C. The topological polar surface area (TPSA) is 52.5 Å². The van der Waals surface area contributed by atoms with E-state index in [1.54, 1.807) is 7.11 Å². The number of aromatic nitrogens is 1. The third-order valence-corrected chi connectivity index (χ3v) is 4.16. The number of rotatable bonds is 7. The number of methoxy groups -OCH3 is 1. The molecule has 0 aliphatic rings. The van der Waals surface area contributed by atoms with Gasteiger partial charge in [-0.15, -0.1) is 0 Å². The van der Waals surface area contributed by atoms with Crippen molar-refractivity contribution < 1.29 is 14.3 Å². The largest absolute Gasteiger partial charge is 0.496 e. The third-order valence-electron chi connectivity index (χ3n) is 4.16. The number of hydrogen-bond donors (Lipinski definition) is 1. The highest BCUT2D eigenvalue weighted by Gasteiger charge is 2.08. The molecular weight excluding hydrogens is 316 g/mol. The minimum atomic E-state index is -0.136. The Morgan fingerprint density at radius 1 is 1.08 bits per heavy atom. The van der Waals surface area contributed by atoms with Gasteiger partial charge in [0.25, 0.3) is 5.91 Å². The first kappa shape index (κ1) is 16.9. The number of fused-ring (bicyclic) bond motifs is 1. The fourth-order valence-corrected chi connectivity index (χ4v) is 2.84. The molecule has 0 fully saturated rings. The van der Waals surface area contributed by atoms with Gasteiger partial charge in [-0.3, -0.25) is 4.79 Å². The van der Waals surface area contributed by atoms with E-state index in [-0.39, 0.29) is 12.5 Å². The lowest BCUT2D eigenvalue weighted by molar-refractivity contribution is -0.123. The molecule has 0 saturated carbocycles. The molecule has 0 spiro atoms. The van der Waals surface area contributed by atoms with Gasteiger partial charge in [0.2, 0.25) is 0 Å². The summed E-state index contributed by atoms with van der Waals surface area (Å²) < 4.78 is 13.0. The lowest BCUT2D eigenvalue weighted by Gasteiger charge is -2.10. The average molecular weight is 338 g/mol. The van der Waals surface area contributed by atoms with Crippen molar-refractivity contribution >= 4 is 16.8 Å². The number of para-hydroxylation sites is 1. The van der Waals surface area contributed by atoms with Crippen molar-refractivity contribution in [3.05, 3.63) is 60.3 Å². The summed E-state index contributed by atoms with van der Waals surface area (Å²) in [6, 6.07) is 15.6. The molecule has 25 heavy (non-hydrogen) atoms. The normalized spacial score (nSPS) is 10.6. The number of carbonyl (C=O) groups is 1. The van der Waals surface area contributed by atoms with Gasteiger partial charge in [0.05, 0.1) is 12.6 Å². The number of amides is 1. The molecule has 0 bridgehead atoms. The molecule has 2 aromatic carbocycles. The quantitative estimate of drug-likeness (QED) is 0.721. The highest BCUT2D eigenvalue weighted by Crippen LogP contribution is 2.25. The zero-order chi connectivity index (χ0) is 17.6. The minimum absolute atomic E-state index is 0.0000672. The minimum Gasteiger partial charge on any atom is -0.496 e. The lowest BCUT2D eigenvalue weighted by Crippen LogP contribution is -2.30. The highest BCUT2D eigenvalue weighted by atomic mass is 16.5. The standard InChI is InChI=1S/C20H22N2O3/c1-22-13-11-16-17(22)7-5-9-19(16)25-14-20(23)21-12-10-15-6-3-4-8-18(15)24-2/h3-9,11,13H,10,12,14H2,1-2H3,(H,21,23). The predicted molar refractivity (Wildman–Crippen MR) is 98.1 cm³/mol. The van der Waals surface area contributed by atoms with E-state index in [1.807, 2.05) is 66.3 Å². The van der Waals surface area contributed by atoms with Gasteiger partial charge in [0.1, 0.15) is 11.5 Å². The molecule has 0 atom stereocenters. The Morgan fingerprint density at radius 2 is 1.88 bits per heavy atom. The van der Waals surface area contributed by atoms with Gasteiger partial charge in [-0.25, -0.2) is 0 Å². The Labute approximate surface area is 147 Å². The average Bonchev–Trinajstić information content (AvgIpc) is 3.02. The number of ether oxygens (including phenoxy) is 2. The van der Waals surface area contributed by atoms with Gasteiger partial charge in [0.15, 0.2) is 6.61 Å². The summed E-state index contributed by atoms with van der Waals surface area (Å²) in [6.07, 6.45) is 2.69. The van der Waals surface area contributed by atoms with Gasteiger partial charge >= 0.3 is 0 Å². The first-order valence-electron chi connectivity index (χ1n) is 8.24. The number of nitrogens with zero attached hydrogens (tertiary/aromatic N) is 1. The molecule has 1 N–H and O–H groups in total. The molecule has 5 heteroatoms. The first-order chi connectivity index (χ1) is 12.2. The molecule has 0 aliphatic heterocycles. The van der Waals surface area contributed by atoms with E-state index in [9.17, 15) is 4.79 Å². The van der Waals surface area contributed by atoms with Crippen LogP contribution in [0.3, 0.4) is 0 Å². The molecular formula is C20H22N2O3. The van der Waals surface area contributed by atoms with Crippen molar-refractivity contribution in [1.29, 1.82) is 0 Å². The van der Waals surface area contributed by atoms with E-state index in [0.717, 1.165) is 28.0 Å². The van der Waals surface area contributed by atoms with E-state index in [1.165, 1.54) is 0 Å². The van der Waals surface area contributed by atoms with Crippen molar-refractivity contribution in [3.63, 3.8) is 0 Å². The second-order valence-electron chi connectivity index (χ2n) is 5.82. The molecule has 3 rings (SSSR count). The second-order valence-corrected chi connectivity index (χ2v) is 5.82. The van der Waals surface area contributed by atoms with Crippen LogP contribution < -0.4 is 14.8 Å². The lowest BCUT2D eigenvalue weighted by atomic mass is 10.1. The Balaban J connectivity index is 1.51. The van der Waals surface area contributed by atoms with Crippen molar-refractivity contribution in [2.75, 3.05) is 20.3 Å². The van der Waals surface area contributed by atoms with Crippen molar-refractivity contribution in [3.8, 4) is 11.5 Å². The maximum atomic E-state index is 12.0. The van der Waals surface area contributed by atoms with Crippen LogP contribution in [0.4, 0.5) is 0 Å². The number of aryl methyl sites for hydroxylation is 1. The molecule has 0 radical (unpaired) electrons. The van der Waals surface area contributed by atoms with Gasteiger partial charge in [-0.1, -0.05) is 24.3 Å². The molecule has 1 amide bonds. The second kappa shape index (κ2) is 7.75. The Kier molecular flexibility index (Phi) is 5.23. The first-order valence-corrected chi connectivity index (χ1v) is 8.24. The number of hydrogen-bond acceptors (Lipinski definition) is 3. The fraction of sp³-hybridized carbons (Fsp3) is 0.250. The van der Waals surface area contributed by atoms with Crippen LogP contribution in [0.5, 0.6) is 11.5 Å². The van der Waals surface area contributed by atoms with E-state index >= 15 is 0 Å². The molecule has 1 aromatic heterocycles. The van der Waals surface area contributed by atoms with Crippen LogP contribution in [0.2, 0.25) is 0 Å². The van der Waals surface area contributed by atoms with Crippen LogP contribution >= 0.6 is 0 Å². The van der Waals surface area contributed by atoms with Crippen LogP contribution in [-0.2, 0) is 18.3 Å². The maximum absolute atomic E-state index is 12.0. The number of carbonyl (C=O) groups excluding carboxylic acids is 1. The monoisotopic (exact) mass is 338 g/mol. The van der Waals surface area contributed by atoms with Gasteiger partial charge in [0, 0.05) is 25.2 Å². The Hall–Kier alpha value is -2.95. The van der Waals surface area contributed by atoms with Gasteiger partial charge in [-0.05, 0) is 36.2 Å². The molecule has 3 aromatic rings. The molecule has 0 aliphatic carbocycles. The van der Waals surface area contributed by atoms with Crippen LogP contribution in [0, 0.1) is 0 Å². The molecule has 0 unspecified atom stereocenters. The zero-order valence-electron chi connectivity index (χ0n) is 14.5. The van der Waals surface area contributed by atoms with Gasteiger partial charge in [-0.2, -0.15) is 0 Å².